The van der Waals surface area contributed by atoms with E-state index in [1.54, 1.807) is 0 Å². The zero-order chi connectivity index (χ0) is 22.9. The number of aromatic nitrogens is 2. The molecule has 2 unspecified atom stereocenters. The molecule has 0 spiro atoms. The second-order valence-corrected chi connectivity index (χ2v) is 10.4. The lowest BCUT2D eigenvalue weighted by Crippen LogP contribution is -2.57. The third-order valence-corrected chi connectivity index (χ3v) is 6.26. The van der Waals surface area contributed by atoms with E-state index in [0.717, 1.165) is 69.9 Å². The van der Waals surface area contributed by atoms with Gasteiger partial charge in [0, 0.05) is 31.7 Å². The molecule has 1 aromatic heterocycles. The maximum Gasteiger partial charge on any atom is 0.410 e. The lowest BCUT2D eigenvalue weighted by atomic mass is 10.1. The molecule has 2 saturated heterocycles. The van der Waals surface area contributed by atoms with Gasteiger partial charge >= 0.3 is 12.1 Å². The number of hydrogen-bond acceptors (Lipinski definition) is 8. The first-order valence-electron chi connectivity index (χ1n) is 11.9. The van der Waals surface area contributed by atoms with Gasteiger partial charge in [0.05, 0.1) is 24.4 Å². The summed E-state index contributed by atoms with van der Waals surface area (Å²) in [4.78, 5) is 28.9. The summed E-state index contributed by atoms with van der Waals surface area (Å²) < 4.78 is 11.6. The van der Waals surface area contributed by atoms with Crippen LogP contribution in [0.4, 0.5) is 10.6 Å². The molecule has 9 heteroatoms. The lowest BCUT2D eigenvalue weighted by molar-refractivity contribution is 0.0122. The van der Waals surface area contributed by atoms with Crippen LogP contribution in [-0.4, -0.2) is 90.4 Å². The summed E-state index contributed by atoms with van der Waals surface area (Å²) in [6.07, 6.45) is 3.66. The highest BCUT2D eigenvalue weighted by molar-refractivity contribution is 5.70. The predicted molar refractivity (Wildman–Crippen MR) is 123 cm³/mol. The van der Waals surface area contributed by atoms with Crippen molar-refractivity contribution in [1.82, 2.24) is 25.1 Å². The molecule has 9 nitrogen and oxygen atoms in total. The van der Waals surface area contributed by atoms with E-state index in [9.17, 15) is 4.79 Å². The molecule has 0 aliphatic carbocycles. The number of amides is 1. The summed E-state index contributed by atoms with van der Waals surface area (Å²) in [5.74, 6) is 0.986. The van der Waals surface area contributed by atoms with E-state index in [1.807, 2.05) is 25.7 Å². The fourth-order valence-corrected chi connectivity index (χ4v) is 4.88. The minimum absolute atomic E-state index is 0.153. The summed E-state index contributed by atoms with van der Waals surface area (Å²) in [5, 5.41) is 3.41. The normalized spacial score (nSPS) is 22.8. The van der Waals surface area contributed by atoms with Crippen molar-refractivity contribution >= 4 is 11.9 Å². The summed E-state index contributed by atoms with van der Waals surface area (Å²) in [5.41, 5.74) is 1.77. The Labute approximate surface area is 191 Å². The monoisotopic (exact) mass is 446 g/mol. The van der Waals surface area contributed by atoms with Gasteiger partial charge in [0.15, 0.2) is 0 Å². The molecule has 1 aromatic rings. The van der Waals surface area contributed by atoms with Crippen LogP contribution in [0.5, 0.6) is 6.01 Å². The van der Waals surface area contributed by atoms with Crippen molar-refractivity contribution in [1.29, 1.82) is 0 Å². The number of nitrogens with one attached hydrogen (secondary N) is 1. The Hall–Kier alpha value is -2.13. The van der Waals surface area contributed by atoms with Gasteiger partial charge in [-0.1, -0.05) is 0 Å². The second kappa shape index (κ2) is 9.39. The van der Waals surface area contributed by atoms with Gasteiger partial charge in [-0.3, -0.25) is 4.90 Å². The van der Waals surface area contributed by atoms with E-state index in [0.29, 0.717) is 12.6 Å². The van der Waals surface area contributed by atoms with E-state index < -0.39 is 5.60 Å². The molecule has 3 aliphatic rings. The van der Waals surface area contributed by atoms with Gasteiger partial charge in [-0.05, 0) is 67.1 Å². The Morgan fingerprint density at radius 2 is 1.91 bits per heavy atom. The molecule has 2 fully saturated rings. The standard InChI is InChI=1S/C23H38N6O3/c1-23(2,3)32-22(30)29-16-7-8-17(29)15-28(14-16)20-18-9-10-24-13-19(18)25-21(26-20)31-12-6-11-27(4)5/h16-17,24H,6-15H2,1-5H3. The molecule has 4 rings (SSSR count). The van der Waals surface area contributed by atoms with Crippen LogP contribution in [0.2, 0.25) is 0 Å². The number of piperazine rings is 1. The van der Waals surface area contributed by atoms with E-state index in [2.05, 4.69) is 29.2 Å². The zero-order valence-corrected chi connectivity index (χ0v) is 20.2. The van der Waals surface area contributed by atoms with Crippen molar-refractivity contribution in [3.63, 3.8) is 0 Å². The highest BCUT2D eigenvalue weighted by Gasteiger charge is 2.45. The van der Waals surface area contributed by atoms with E-state index in [-0.39, 0.29) is 18.2 Å². The van der Waals surface area contributed by atoms with E-state index >= 15 is 0 Å². The number of carbonyl (C=O) groups excluding carboxylic acids is 1. The van der Waals surface area contributed by atoms with Gasteiger partial charge in [0.2, 0.25) is 0 Å². The molecule has 0 aromatic carbocycles. The van der Waals surface area contributed by atoms with Crippen LogP contribution in [0.1, 0.15) is 51.3 Å². The zero-order valence-electron chi connectivity index (χ0n) is 20.2. The highest BCUT2D eigenvalue weighted by atomic mass is 16.6. The third kappa shape index (κ3) is 5.26. The Balaban J connectivity index is 1.51. The van der Waals surface area contributed by atoms with Crippen molar-refractivity contribution in [2.24, 2.45) is 0 Å². The fraction of sp³-hybridized carbons (Fsp3) is 0.783. The van der Waals surface area contributed by atoms with Crippen LogP contribution in [-0.2, 0) is 17.7 Å². The smallest absolute Gasteiger partial charge is 0.410 e. The van der Waals surface area contributed by atoms with Crippen molar-refractivity contribution in [2.45, 2.75) is 70.7 Å². The van der Waals surface area contributed by atoms with Crippen LogP contribution in [0.25, 0.3) is 0 Å². The largest absolute Gasteiger partial charge is 0.463 e. The highest BCUT2D eigenvalue weighted by Crippen LogP contribution is 2.36. The Morgan fingerprint density at radius 3 is 2.56 bits per heavy atom. The summed E-state index contributed by atoms with van der Waals surface area (Å²) >= 11 is 0. The number of ether oxygens (including phenoxy) is 2. The molecule has 2 bridgehead atoms. The Kier molecular flexibility index (Phi) is 6.76. The molecule has 3 aliphatic heterocycles. The van der Waals surface area contributed by atoms with E-state index in [1.165, 1.54) is 5.56 Å². The average molecular weight is 447 g/mol. The van der Waals surface area contributed by atoms with Gasteiger partial charge in [-0.2, -0.15) is 9.97 Å². The SMILES string of the molecule is CN(C)CCCOc1nc2c(c(N3CC4CCC(C3)N4C(=O)OC(C)(C)C)n1)CCNC2. The summed E-state index contributed by atoms with van der Waals surface area (Å²) in [6, 6.07) is 0.768. The van der Waals surface area contributed by atoms with Gasteiger partial charge in [-0.25, -0.2) is 4.79 Å². The molecule has 4 heterocycles. The number of hydrogen-bond donors (Lipinski definition) is 1. The topological polar surface area (TPSA) is 83.1 Å². The van der Waals surface area contributed by atoms with Crippen LogP contribution < -0.4 is 15.0 Å². The van der Waals surface area contributed by atoms with Gasteiger partial charge in [0.1, 0.15) is 11.4 Å². The minimum atomic E-state index is -0.481. The maximum absolute atomic E-state index is 12.8. The number of fused-ring (bicyclic) bond motifs is 3. The molecular formula is C23H38N6O3. The molecule has 2 atom stereocenters. The molecule has 32 heavy (non-hydrogen) atoms. The van der Waals surface area contributed by atoms with Crippen LogP contribution >= 0.6 is 0 Å². The van der Waals surface area contributed by atoms with Gasteiger partial charge in [0.25, 0.3) is 0 Å². The van der Waals surface area contributed by atoms with Gasteiger partial charge < -0.3 is 24.6 Å². The van der Waals surface area contributed by atoms with Gasteiger partial charge in [-0.15, -0.1) is 0 Å². The van der Waals surface area contributed by atoms with Crippen molar-refractivity contribution < 1.29 is 14.3 Å². The quantitative estimate of drug-likeness (QED) is 0.665. The molecule has 1 amide bonds. The van der Waals surface area contributed by atoms with Crippen molar-refractivity contribution in [3.05, 3.63) is 11.3 Å². The minimum Gasteiger partial charge on any atom is -0.463 e. The first-order chi connectivity index (χ1) is 15.2. The molecule has 178 valence electrons. The first kappa shape index (κ1) is 23.0. The Morgan fingerprint density at radius 1 is 1.19 bits per heavy atom. The second-order valence-electron chi connectivity index (χ2n) is 10.4. The van der Waals surface area contributed by atoms with E-state index in [4.69, 9.17) is 19.4 Å². The number of carbonyl (C=O) groups is 1. The number of nitrogens with zero attached hydrogens (tertiary/aromatic N) is 5. The third-order valence-electron chi connectivity index (χ3n) is 6.26. The summed E-state index contributed by atoms with van der Waals surface area (Å²) in [7, 11) is 4.12. The molecule has 0 radical (unpaired) electrons. The van der Waals surface area contributed by atoms with Crippen LogP contribution in [0.15, 0.2) is 0 Å². The number of anilines is 1. The fourth-order valence-electron chi connectivity index (χ4n) is 4.88. The lowest BCUT2D eigenvalue weighted by Gasteiger charge is -2.42. The Bertz CT molecular complexity index is 811. The first-order valence-corrected chi connectivity index (χ1v) is 11.9. The van der Waals surface area contributed by atoms with Crippen LogP contribution in [0, 0.1) is 0 Å². The van der Waals surface area contributed by atoms with Crippen molar-refractivity contribution in [2.75, 3.05) is 51.8 Å². The number of rotatable bonds is 6. The molecule has 1 N–H and O–H groups in total. The predicted octanol–water partition coefficient (Wildman–Crippen LogP) is 2.04. The van der Waals surface area contributed by atoms with Crippen LogP contribution in [0.3, 0.4) is 0 Å². The average Bonchev–Trinajstić information content (AvgIpc) is 2.99. The van der Waals surface area contributed by atoms with Crippen molar-refractivity contribution in [3.8, 4) is 6.01 Å². The molecular weight excluding hydrogens is 408 g/mol. The maximum atomic E-state index is 12.8. The molecule has 0 saturated carbocycles. The summed E-state index contributed by atoms with van der Waals surface area (Å²) in [6.45, 7) is 10.5.